The Bertz CT molecular complexity index is 1490. The Morgan fingerprint density at radius 3 is 2.47 bits per heavy atom. The van der Waals surface area contributed by atoms with Crippen molar-refractivity contribution in [1.82, 2.24) is 19.5 Å². The number of nitrogens with one attached hydrogen (secondary N) is 1. The van der Waals surface area contributed by atoms with Gasteiger partial charge in [-0.1, -0.05) is 11.6 Å². The molecule has 0 aliphatic rings. The zero-order chi connectivity index (χ0) is 26.0. The number of nitrogens with zero attached hydrogens (tertiary/aromatic N) is 3. The molecule has 0 saturated heterocycles. The van der Waals surface area contributed by atoms with E-state index in [1.165, 1.54) is 44.1 Å². The smallest absolute Gasteiger partial charge is 0.332 e. The molecular weight excluding hydrogens is 502 g/mol. The van der Waals surface area contributed by atoms with Crippen molar-refractivity contribution >= 4 is 22.8 Å². The fourth-order valence-electron chi connectivity index (χ4n) is 3.60. The van der Waals surface area contributed by atoms with Gasteiger partial charge in [0.05, 0.1) is 44.2 Å². The van der Waals surface area contributed by atoms with Gasteiger partial charge >= 0.3 is 5.69 Å². The molecule has 0 unspecified atom stereocenters. The Labute approximate surface area is 208 Å². The van der Waals surface area contributed by atoms with E-state index in [0.29, 0.717) is 0 Å². The number of imidazole rings is 1. The number of aromatic amines is 1. The molecule has 4 rings (SSSR count). The molecule has 0 saturated carbocycles. The van der Waals surface area contributed by atoms with Crippen LogP contribution in [0, 0.1) is 11.6 Å². The number of halogens is 3. The largest absolute Gasteiger partial charge is 0.496 e. The van der Waals surface area contributed by atoms with E-state index in [0.717, 1.165) is 6.07 Å². The van der Waals surface area contributed by atoms with Crippen molar-refractivity contribution in [2.24, 2.45) is 0 Å². The minimum absolute atomic E-state index is 0.0838. The standard InChI is InChI=1S/C23H21ClF2N4O6/c1-33-15-5-4-13(25)19(26)11(15)10-36-17-9-14(12(24)8-16(17)34-2)30-21-20(29-23(30)32)22(35-3)28-18(27-21)6-7-31/h4-5,8-9,31H,6-7,10H2,1-3H3,(H,29,32). The van der Waals surface area contributed by atoms with Crippen LogP contribution < -0.4 is 24.6 Å². The molecule has 190 valence electrons. The van der Waals surface area contributed by atoms with Gasteiger partial charge < -0.3 is 24.1 Å². The molecule has 0 atom stereocenters. The van der Waals surface area contributed by atoms with Crippen LogP contribution in [0.5, 0.6) is 23.1 Å². The van der Waals surface area contributed by atoms with Gasteiger partial charge in [0.15, 0.2) is 28.8 Å². The number of aromatic nitrogens is 4. The third-order valence-electron chi connectivity index (χ3n) is 5.30. The lowest BCUT2D eigenvalue weighted by atomic mass is 10.2. The predicted molar refractivity (Wildman–Crippen MR) is 126 cm³/mol. The van der Waals surface area contributed by atoms with Crippen LogP contribution in [0.1, 0.15) is 11.4 Å². The highest BCUT2D eigenvalue weighted by atomic mass is 35.5. The summed E-state index contributed by atoms with van der Waals surface area (Å²) in [6, 6.07) is 5.04. The lowest BCUT2D eigenvalue weighted by molar-refractivity contribution is 0.270. The second kappa shape index (κ2) is 10.4. The number of rotatable bonds is 9. The average molecular weight is 523 g/mol. The predicted octanol–water partition coefficient (Wildman–Crippen LogP) is 3.18. The SMILES string of the molecule is COc1cc(Cl)c(-n2c(=O)[nH]c3c(OC)nc(CCO)nc32)cc1OCc1c(OC)ccc(F)c1F. The summed E-state index contributed by atoms with van der Waals surface area (Å²) in [5, 5.41) is 9.41. The number of aliphatic hydroxyl groups excluding tert-OH is 1. The fourth-order valence-corrected chi connectivity index (χ4v) is 3.84. The first-order chi connectivity index (χ1) is 17.3. The number of fused-ring (bicyclic) bond motifs is 1. The van der Waals surface area contributed by atoms with E-state index < -0.39 is 23.9 Å². The summed E-state index contributed by atoms with van der Waals surface area (Å²) in [6.07, 6.45) is 0.122. The third kappa shape index (κ3) is 4.52. The number of H-pyrrole nitrogens is 1. The van der Waals surface area contributed by atoms with Crippen LogP contribution in [-0.4, -0.2) is 52.6 Å². The Hall–Kier alpha value is -3.90. The van der Waals surface area contributed by atoms with E-state index in [2.05, 4.69) is 15.0 Å². The fraction of sp³-hybridized carbons (Fsp3) is 0.261. The van der Waals surface area contributed by atoms with Crippen molar-refractivity contribution < 1.29 is 32.8 Å². The van der Waals surface area contributed by atoms with Gasteiger partial charge in [-0.25, -0.2) is 23.1 Å². The van der Waals surface area contributed by atoms with Crippen LogP contribution in [0.25, 0.3) is 16.9 Å². The number of hydrogen-bond donors (Lipinski definition) is 2. The topological polar surface area (TPSA) is 121 Å². The molecule has 0 bridgehead atoms. The number of methoxy groups -OCH3 is 3. The first-order valence-electron chi connectivity index (χ1n) is 10.5. The summed E-state index contributed by atoms with van der Waals surface area (Å²) in [5.41, 5.74) is -0.233. The summed E-state index contributed by atoms with van der Waals surface area (Å²) >= 11 is 6.48. The monoisotopic (exact) mass is 522 g/mol. The van der Waals surface area contributed by atoms with Crippen LogP contribution >= 0.6 is 11.6 Å². The van der Waals surface area contributed by atoms with Crippen molar-refractivity contribution in [2.45, 2.75) is 13.0 Å². The van der Waals surface area contributed by atoms with Gasteiger partial charge in [0.2, 0.25) is 5.88 Å². The minimum Gasteiger partial charge on any atom is -0.496 e. The molecule has 2 aromatic carbocycles. The van der Waals surface area contributed by atoms with E-state index in [9.17, 15) is 18.7 Å². The number of ether oxygens (including phenoxy) is 4. The Kier molecular flexibility index (Phi) is 7.27. The molecule has 0 aliphatic carbocycles. The minimum atomic E-state index is -1.12. The van der Waals surface area contributed by atoms with E-state index in [1.807, 2.05) is 0 Å². The summed E-state index contributed by atoms with van der Waals surface area (Å²) in [4.78, 5) is 24.1. The van der Waals surface area contributed by atoms with E-state index in [1.54, 1.807) is 0 Å². The van der Waals surface area contributed by atoms with Gasteiger partial charge in [-0.05, 0) is 12.1 Å². The zero-order valence-electron chi connectivity index (χ0n) is 19.4. The van der Waals surface area contributed by atoms with E-state index >= 15 is 0 Å². The highest BCUT2D eigenvalue weighted by molar-refractivity contribution is 6.32. The lowest BCUT2D eigenvalue weighted by Gasteiger charge is -2.16. The van der Waals surface area contributed by atoms with E-state index in [-0.39, 0.29) is 69.4 Å². The van der Waals surface area contributed by atoms with Gasteiger partial charge in [-0.15, -0.1) is 0 Å². The second-order valence-corrected chi connectivity index (χ2v) is 7.78. The molecule has 13 heteroatoms. The number of benzene rings is 2. The molecule has 0 aliphatic heterocycles. The summed E-state index contributed by atoms with van der Waals surface area (Å²) < 4.78 is 50.9. The first kappa shape index (κ1) is 25.2. The lowest BCUT2D eigenvalue weighted by Crippen LogP contribution is -2.16. The van der Waals surface area contributed by atoms with Crippen molar-refractivity contribution in [3.63, 3.8) is 0 Å². The van der Waals surface area contributed by atoms with Crippen molar-refractivity contribution in [3.05, 3.63) is 62.8 Å². The van der Waals surface area contributed by atoms with E-state index in [4.69, 9.17) is 30.5 Å². The first-order valence-corrected chi connectivity index (χ1v) is 10.9. The summed E-state index contributed by atoms with van der Waals surface area (Å²) in [7, 11) is 4.08. The summed E-state index contributed by atoms with van der Waals surface area (Å²) in [5.74, 6) is -1.47. The molecule has 0 fully saturated rings. The van der Waals surface area contributed by atoms with Crippen LogP contribution in [0.4, 0.5) is 8.78 Å². The van der Waals surface area contributed by atoms with Crippen molar-refractivity contribution in [1.29, 1.82) is 0 Å². The van der Waals surface area contributed by atoms with Gasteiger partial charge in [0, 0.05) is 18.6 Å². The zero-order valence-corrected chi connectivity index (χ0v) is 20.2. The quantitative estimate of drug-likeness (QED) is 0.344. The maximum absolute atomic E-state index is 14.4. The Morgan fingerprint density at radius 1 is 1.06 bits per heavy atom. The van der Waals surface area contributed by atoms with Crippen LogP contribution in [-0.2, 0) is 13.0 Å². The molecule has 2 heterocycles. The van der Waals surface area contributed by atoms with Crippen molar-refractivity contribution in [2.75, 3.05) is 27.9 Å². The Balaban J connectivity index is 1.84. The third-order valence-corrected chi connectivity index (χ3v) is 5.60. The molecule has 2 aromatic heterocycles. The van der Waals surface area contributed by atoms with Gasteiger partial charge in [-0.2, -0.15) is 4.98 Å². The molecule has 0 amide bonds. The molecule has 10 nitrogen and oxygen atoms in total. The second-order valence-electron chi connectivity index (χ2n) is 7.37. The molecular formula is C23H21ClF2N4O6. The molecule has 4 aromatic rings. The van der Waals surface area contributed by atoms with Gasteiger partial charge in [0.25, 0.3) is 0 Å². The molecule has 0 radical (unpaired) electrons. The Morgan fingerprint density at radius 2 is 1.81 bits per heavy atom. The molecule has 36 heavy (non-hydrogen) atoms. The molecule has 0 spiro atoms. The van der Waals surface area contributed by atoms with Gasteiger partial charge in [0.1, 0.15) is 23.7 Å². The summed E-state index contributed by atoms with van der Waals surface area (Å²) in [6.45, 7) is -0.631. The maximum Gasteiger partial charge on any atom is 0.332 e. The average Bonchev–Trinajstić information content (AvgIpc) is 3.20. The highest BCUT2D eigenvalue weighted by Crippen LogP contribution is 2.37. The normalized spacial score (nSPS) is 11.1. The van der Waals surface area contributed by atoms with Gasteiger partial charge in [-0.3, -0.25) is 4.98 Å². The maximum atomic E-state index is 14.4. The van der Waals surface area contributed by atoms with Crippen molar-refractivity contribution in [3.8, 4) is 28.8 Å². The van der Waals surface area contributed by atoms with Crippen LogP contribution in [0.3, 0.4) is 0 Å². The number of aliphatic hydroxyl groups is 1. The molecule has 2 N–H and O–H groups in total. The highest BCUT2D eigenvalue weighted by Gasteiger charge is 2.22. The van der Waals surface area contributed by atoms with Crippen LogP contribution in [0.15, 0.2) is 29.1 Å². The van der Waals surface area contributed by atoms with Crippen LogP contribution in [0.2, 0.25) is 5.02 Å². The number of hydrogen-bond acceptors (Lipinski definition) is 8.